The smallest absolute Gasteiger partial charge is 0.0406 e. The zero-order valence-corrected chi connectivity index (χ0v) is 11.4. The first-order valence-corrected chi connectivity index (χ1v) is 6.98. The molecule has 1 aromatic heterocycles. The van der Waals surface area contributed by atoms with Gasteiger partial charge in [0.2, 0.25) is 0 Å². The maximum absolute atomic E-state index is 4.12. The van der Waals surface area contributed by atoms with Gasteiger partial charge >= 0.3 is 0 Å². The van der Waals surface area contributed by atoms with Gasteiger partial charge in [-0.15, -0.1) is 11.3 Å². The van der Waals surface area contributed by atoms with Gasteiger partial charge in [-0.1, -0.05) is 55.3 Å². The van der Waals surface area contributed by atoms with Crippen molar-refractivity contribution in [1.29, 1.82) is 0 Å². The topological polar surface area (TPSA) is 0 Å². The first-order valence-electron chi connectivity index (χ1n) is 5.34. The Bertz CT molecular complexity index is 535. The minimum Gasteiger partial charge on any atom is -0.140 e. The van der Waals surface area contributed by atoms with Gasteiger partial charge in [-0.05, 0) is 24.6 Å². The lowest BCUT2D eigenvalue weighted by atomic mass is 10.2. The number of benzene rings is 1. The van der Waals surface area contributed by atoms with E-state index in [9.17, 15) is 0 Å². The van der Waals surface area contributed by atoms with E-state index in [1.54, 1.807) is 23.1 Å². The van der Waals surface area contributed by atoms with Crippen LogP contribution in [0.5, 0.6) is 0 Å². The Hall–Kier alpha value is -1.25. The number of aryl methyl sites for hydroxylation is 1. The van der Waals surface area contributed by atoms with Crippen molar-refractivity contribution in [3.63, 3.8) is 0 Å². The molecule has 1 heterocycles. The maximum Gasteiger partial charge on any atom is 0.0406 e. The minimum absolute atomic E-state index is 1.04. The van der Waals surface area contributed by atoms with Crippen LogP contribution in [0.15, 0.2) is 55.6 Å². The summed E-state index contributed by atoms with van der Waals surface area (Å²) < 4.78 is 0. The van der Waals surface area contributed by atoms with Crippen molar-refractivity contribution in [2.75, 3.05) is 0 Å². The number of thiophene rings is 1. The van der Waals surface area contributed by atoms with Gasteiger partial charge in [0.05, 0.1) is 0 Å². The summed E-state index contributed by atoms with van der Waals surface area (Å²) in [7, 11) is 0. The minimum atomic E-state index is 1.04. The fourth-order valence-electron chi connectivity index (χ4n) is 1.47. The van der Waals surface area contributed by atoms with E-state index in [2.05, 4.69) is 44.3 Å². The zero-order valence-electron chi connectivity index (χ0n) is 9.77. The van der Waals surface area contributed by atoms with Gasteiger partial charge in [0.15, 0.2) is 0 Å². The van der Waals surface area contributed by atoms with Gasteiger partial charge in [-0.25, -0.2) is 0 Å². The van der Waals surface area contributed by atoms with E-state index in [0.29, 0.717) is 0 Å². The van der Waals surface area contributed by atoms with Crippen molar-refractivity contribution in [3.05, 3.63) is 70.9 Å². The van der Waals surface area contributed by atoms with Crippen LogP contribution in [0.3, 0.4) is 0 Å². The molecule has 0 radical (unpaired) electrons. The molecule has 0 saturated heterocycles. The molecule has 0 spiro atoms. The molecular weight excluding hydrogens is 244 g/mol. The molecule has 0 aliphatic heterocycles. The van der Waals surface area contributed by atoms with Crippen molar-refractivity contribution < 1.29 is 0 Å². The molecule has 2 heteroatoms. The molecule has 0 amide bonds. The summed E-state index contributed by atoms with van der Waals surface area (Å²) >= 11 is 3.41. The van der Waals surface area contributed by atoms with Gasteiger partial charge < -0.3 is 0 Å². The molecule has 0 nitrogen and oxygen atoms in total. The highest BCUT2D eigenvalue weighted by molar-refractivity contribution is 8.16. The van der Waals surface area contributed by atoms with Crippen molar-refractivity contribution in [2.24, 2.45) is 0 Å². The SMILES string of the molecule is C=C(SC(=C)c1ccc(C)s1)c1ccccc1. The third-order valence-electron chi connectivity index (χ3n) is 2.36. The molecule has 0 atom stereocenters. The van der Waals surface area contributed by atoms with Crippen LogP contribution in [0.1, 0.15) is 15.3 Å². The van der Waals surface area contributed by atoms with Crippen LogP contribution in [0.4, 0.5) is 0 Å². The summed E-state index contributed by atoms with van der Waals surface area (Å²) in [6, 6.07) is 14.5. The lowest BCUT2D eigenvalue weighted by Gasteiger charge is -2.06. The molecule has 0 unspecified atom stereocenters. The van der Waals surface area contributed by atoms with Gasteiger partial charge in [0.25, 0.3) is 0 Å². The Morgan fingerprint density at radius 2 is 1.71 bits per heavy atom. The summed E-state index contributed by atoms with van der Waals surface area (Å²) in [5, 5.41) is 0. The van der Waals surface area contributed by atoms with Crippen molar-refractivity contribution in [1.82, 2.24) is 0 Å². The van der Waals surface area contributed by atoms with Crippen LogP contribution < -0.4 is 0 Å². The monoisotopic (exact) mass is 258 g/mol. The Morgan fingerprint density at radius 3 is 2.29 bits per heavy atom. The summed E-state index contributed by atoms with van der Waals surface area (Å²) in [6.07, 6.45) is 0. The van der Waals surface area contributed by atoms with Gasteiger partial charge in [0, 0.05) is 19.6 Å². The average Bonchev–Trinajstić information content (AvgIpc) is 2.77. The Kier molecular flexibility index (Phi) is 3.87. The van der Waals surface area contributed by atoms with Crippen LogP contribution in [0.25, 0.3) is 9.81 Å². The van der Waals surface area contributed by atoms with Gasteiger partial charge in [-0.2, -0.15) is 0 Å². The third-order valence-corrected chi connectivity index (χ3v) is 4.50. The Labute approximate surface area is 111 Å². The molecule has 0 saturated carbocycles. The first-order chi connectivity index (χ1) is 8.16. The second-order valence-electron chi connectivity index (χ2n) is 3.72. The number of rotatable bonds is 4. The van der Waals surface area contributed by atoms with E-state index in [-0.39, 0.29) is 0 Å². The summed E-state index contributed by atoms with van der Waals surface area (Å²) in [4.78, 5) is 4.65. The number of thioether (sulfide) groups is 1. The van der Waals surface area contributed by atoms with Crippen LogP contribution in [0.2, 0.25) is 0 Å². The molecular formula is C15H14S2. The predicted molar refractivity (Wildman–Crippen MR) is 81.2 cm³/mol. The van der Waals surface area contributed by atoms with Gasteiger partial charge in [-0.3, -0.25) is 0 Å². The van der Waals surface area contributed by atoms with E-state index >= 15 is 0 Å². The van der Waals surface area contributed by atoms with Crippen LogP contribution in [-0.2, 0) is 0 Å². The largest absolute Gasteiger partial charge is 0.140 e. The molecule has 17 heavy (non-hydrogen) atoms. The zero-order chi connectivity index (χ0) is 12.3. The standard InChI is InChI=1S/C15H14S2/c1-11-9-10-15(16-11)13(3)17-12(2)14-7-5-4-6-8-14/h4-10H,2-3H2,1H3. The van der Waals surface area contributed by atoms with E-state index in [1.165, 1.54) is 9.75 Å². The van der Waals surface area contributed by atoms with Crippen molar-refractivity contribution in [3.8, 4) is 0 Å². The molecule has 1 aromatic carbocycles. The highest BCUT2D eigenvalue weighted by atomic mass is 32.2. The average molecular weight is 258 g/mol. The van der Waals surface area contributed by atoms with Crippen molar-refractivity contribution >= 4 is 32.9 Å². The summed E-state index contributed by atoms with van der Waals surface area (Å²) in [5.41, 5.74) is 1.16. The number of hydrogen-bond donors (Lipinski definition) is 0. The molecule has 0 bridgehead atoms. The third kappa shape index (κ3) is 3.11. The van der Waals surface area contributed by atoms with E-state index in [4.69, 9.17) is 0 Å². The second kappa shape index (κ2) is 5.39. The first kappa shape index (κ1) is 12.2. The highest BCUT2D eigenvalue weighted by Crippen LogP contribution is 2.38. The summed E-state index contributed by atoms with van der Waals surface area (Å²) in [6.45, 7) is 10.3. The fraction of sp³-hybridized carbons (Fsp3) is 0.0667. The normalized spacial score (nSPS) is 10.2. The molecule has 2 rings (SSSR count). The highest BCUT2D eigenvalue weighted by Gasteiger charge is 2.06. The summed E-state index contributed by atoms with van der Waals surface area (Å²) in [5.74, 6) is 0. The Morgan fingerprint density at radius 1 is 1.00 bits per heavy atom. The second-order valence-corrected chi connectivity index (χ2v) is 6.20. The molecule has 0 N–H and O–H groups in total. The van der Waals surface area contributed by atoms with Crippen LogP contribution >= 0.6 is 23.1 Å². The maximum atomic E-state index is 4.12. The molecule has 0 fully saturated rings. The van der Waals surface area contributed by atoms with Crippen LogP contribution in [0, 0.1) is 6.92 Å². The molecule has 0 aliphatic carbocycles. The fourth-order valence-corrected chi connectivity index (χ4v) is 3.17. The van der Waals surface area contributed by atoms with Crippen LogP contribution in [-0.4, -0.2) is 0 Å². The Balaban J connectivity index is 2.07. The molecule has 86 valence electrons. The lowest BCUT2D eigenvalue weighted by molar-refractivity contribution is 1.64. The van der Waals surface area contributed by atoms with Gasteiger partial charge in [0.1, 0.15) is 0 Å². The number of hydrogen-bond acceptors (Lipinski definition) is 2. The molecule has 2 aromatic rings. The van der Waals surface area contributed by atoms with E-state index < -0.39 is 0 Å². The van der Waals surface area contributed by atoms with E-state index in [0.717, 1.165) is 15.4 Å². The molecule has 0 aliphatic rings. The quantitative estimate of drug-likeness (QED) is 0.704. The van der Waals surface area contributed by atoms with E-state index in [1.807, 2.05) is 18.2 Å². The lowest BCUT2D eigenvalue weighted by Crippen LogP contribution is -1.77. The van der Waals surface area contributed by atoms with Crippen molar-refractivity contribution in [2.45, 2.75) is 6.92 Å². The predicted octanol–water partition coefficient (Wildman–Crippen LogP) is 5.43.